The summed E-state index contributed by atoms with van der Waals surface area (Å²) in [6.45, 7) is 3.54. The van der Waals surface area contributed by atoms with Crippen LogP contribution in [-0.4, -0.2) is 218 Å². The molecule has 11 aromatic carbocycles. The summed E-state index contributed by atoms with van der Waals surface area (Å²) in [5, 5.41) is 52.1. The number of ketones is 4. The molecule has 0 aliphatic heterocycles. The fourth-order valence-electron chi connectivity index (χ4n) is 14.6. The molecule has 4 heterocycles. The number of non-ortho nitro benzene ring substituents is 1. The van der Waals surface area contributed by atoms with E-state index >= 15 is 0 Å². The molecule has 37 nitrogen and oxygen atoms in total. The Morgan fingerprint density at radius 2 is 0.830 bits per heavy atom. The number of aromatic amines is 1. The Morgan fingerprint density at radius 3 is 1.26 bits per heavy atom. The van der Waals surface area contributed by atoms with Crippen molar-refractivity contribution in [2.45, 2.75) is 44.6 Å². The van der Waals surface area contributed by atoms with Gasteiger partial charge < -0.3 is 90.7 Å². The van der Waals surface area contributed by atoms with Crippen LogP contribution in [0.1, 0.15) is 112 Å². The van der Waals surface area contributed by atoms with Crippen LogP contribution in [0.4, 0.5) is 5.69 Å². The second kappa shape index (κ2) is 46.0. The molecule has 0 atom stereocenters. The maximum absolute atomic E-state index is 13.8. The van der Waals surface area contributed by atoms with E-state index in [1.54, 1.807) is 118 Å². The monoisotopic (exact) mass is 1940 g/mol. The molecule has 0 amide bonds. The number of aliphatic hydroxyl groups excluding tert-OH is 1. The van der Waals surface area contributed by atoms with Gasteiger partial charge in [0.15, 0.2) is 46.0 Å². The van der Waals surface area contributed by atoms with E-state index in [1.807, 2.05) is 54.6 Å². The molecule has 15 rings (SSSR count). The molecule has 0 aliphatic rings. The summed E-state index contributed by atoms with van der Waals surface area (Å²) in [4.78, 5) is 77.9. The van der Waals surface area contributed by atoms with Crippen molar-refractivity contribution in [3.05, 3.63) is 272 Å². The highest BCUT2D eigenvalue weighted by molar-refractivity contribution is 7.89. The van der Waals surface area contributed by atoms with Gasteiger partial charge in [-0.25, -0.2) is 8.42 Å². The van der Waals surface area contributed by atoms with Crippen LogP contribution in [0.2, 0.25) is 0 Å². The third-order valence-corrected chi connectivity index (χ3v) is 23.1. The minimum atomic E-state index is -4.17. The van der Waals surface area contributed by atoms with Gasteiger partial charge in [-0.3, -0.25) is 39.2 Å². The number of aliphatic hydroxyl groups is 2. The van der Waals surface area contributed by atoms with Crippen molar-refractivity contribution in [2.75, 3.05) is 120 Å². The molecular formula is C103H99N9O28S. The molecular weight excluding hydrogens is 1840 g/mol. The largest absolute Gasteiger partial charge is 0.497 e. The average Bonchev–Trinajstić information content (AvgIpc) is 1.60. The Bertz CT molecular complexity index is 7350. The molecule has 730 valence electrons. The molecule has 0 aliphatic carbocycles. The Hall–Kier alpha value is -17.4. The van der Waals surface area contributed by atoms with Gasteiger partial charge in [0.25, 0.3) is 21.6 Å². The van der Waals surface area contributed by atoms with Gasteiger partial charge in [-0.15, -0.1) is 0 Å². The van der Waals surface area contributed by atoms with E-state index in [4.69, 9.17) is 85.6 Å². The van der Waals surface area contributed by atoms with E-state index in [1.165, 1.54) is 158 Å². The van der Waals surface area contributed by atoms with Gasteiger partial charge in [0.05, 0.1) is 160 Å². The van der Waals surface area contributed by atoms with Gasteiger partial charge in [-0.2, -0.15) is 33.8 Å². The van der Waals surface area contributed by atoms with Crippen molar-refractivity contribution >= 4 is 88.4 Å². The lowest BCUT2D eigenvalue weighted by atomic mass is 10.0. The minimum absolute atomic E-state index is 0.0603. The lowest BCUT2D eigenvalue weighted by molar-refractivity contribution is -0.384. The number of carbonyl (C=O) groups excluding carboxylic acids is 5. The van der Waals surface area contributed by atoms with E-state index in [2.05, 4.69) is 49.3 Å². The quantitative estimate of drug-likeness (QED) is 0.0146. The fraction of sp³-hybridized carbons (Fsp3) is 0.233. The number of fused-ring (bicyclic) bond motifs is 4. The number of nitro benzene ring substituents is 1. The summed E-state index contributed by atoms with van der Waals surface area (Å²) in [6, 6.07) is 55.9. The average molecular weight is 1940 g/mol. The molecule has 3 N–H and O–H groups in total. The van der Waals surface area contributed by atoms with Crippen LogP contribution in [-0.2, 0) is 28.8 Å². The number of nitro groups is 1. The molecule has 0 unspecified atom stereocenters. The van der Waals surface area contributed by atoms with Gasteiger partial charge in [-0.05, 0) is 140 Å². The van der Waals surface area contributed by atoms with Gasteiger partial charge in [-0.1, -0.05) is 72.4 Å². The lowest BCUT2D eigenvalue weighted by Crippen LogP contribution is -2.17. The summed E-state index contributed by atoms with van der Waals surface area (Å²) < 4.78 is 122. The summed E-state index contributed by atoms with van der Waals surface area (Å²) in [6.07, 6.45) is 0.353. The highest BCUT2D eigenvalue weighted by Gasteiger charge is 2.32. The maximum atomic E-state index is 13.8. The van der Waals surface area contributed by atoms with E-state index < -0.39 is 37.9 Å². The number of ether oxygens (including phenoxy) is 17. The predicted molar refractivity (Wildman–Crippen MR) is 520 cm³/mol. The van der Waals surface area contributed by atoms with Crippen LogP contribution in [0.3, 0.4) is 0 Å². The molecule has 0 fully saturated rings. The van der Waals surface area contributed by atoms with Crippen molar-refractivity contribution in [3.8, 4) is 122 Å². The SMILES string of the molecule is COc1cc(C(=O)c2[nH]nc3c(C#CC(C)(C)O)c(OC)ccc23)cc(OC)c1OC.COc1ccc2c(C(=O)c3cc(OC)c(OC)c(OC)c3)nn(C#CCCO)c2c1.COc1ccc2c(C(=O)c3cc(OC)c(OC)c(OC)c3)nn(C(=O)Cc3ccc(OCc4ccccc4)cc3)c2c1.COc1ccc2c(C(=O)c3cc(OC)c(OC)c(OC)c3)nn(S(=O)(=O)Cc3ccc([N+](=O)[O-])cc3)c2c1. The van der Waals surface area contributed by atoms with Crippen molar-refractivity contribution < 1.29 is 128 Å². The molecule has 15 aromatic rings. The number of rotatable bonds is 34. The number of methoxy groups -OCH3 is 16. The topological polar surface area (TPSA) is 442 Å². The number of hydrogen-bond donors (Lipinski definition) is 3. The molecule has 0 saturated carbocycles. The zero-order valence-electron chi connectivity index (χ0n) is 80.0. The van der Waals surface area contributed by atoms with Crippen LogP contribution in [0.25, 0.3) is 43.6 Å². The molecule has 141 heavy (non-hydrogen) atoms. The molecule has 0 saturated heterocycles. The standard InChI is InChI=1S/C33H30N2O7.C25H23N3O9S.C23H24N2O6.C22H22N2O6/c1-38-25-14-15-26-27(19-25)35(34-31(26)32(37)23-17-28(39-2)33(41-4)29(18-23)40-3)30(36)16-21-10-12-24(13-11-21)42-20-22-8-6-5-7-9-22;1-34-18-9-10-19-20(13-18)27(38(32,33)14-15-5-7-17(8-6-15)28(30)31)26-23(19)24(29)16-11-21(35-2)25(37-4)22(12-16)36-3;1-23(2,27)10-9-14-16(28-3)8-7-15-19(14)24-25-20(15)21(26)13-11-17(29-4)22(31-6)18(12-13)30-5;1-27-15-7-8-16-17(13-15)24(9-5-6-10-25)23-20(16)21(26)14-11-18(28-2)22(30-4)19(12-14)29-3/h5-15,17-19H,16,20H2,1-4H3;5-13H,14H2,1-4H3;7-8,11-12,27H,1-6H3,(H,24,25);7-8,11-13,25H,6,10H2,1-4H3. The third-order valence-electron chi connectivity index (χ3n) is 21.6. The normalized spacial score (nSPS) is 10.8. The summed E-state index contributed by atoms with van der Waals surface area (Å²) in [5.74, 6) is 12.8. The maximum Gasteiger partial charge on any atom is 0.269 e. The minimum Gasteiger partial charge on any atom is -0.497 e. The summed E-state index contributed by atoms with van der Waals surface area (Å²) in [7, 11) is 19.5. The van der Waals surface area contributed by atoms with E-state index in [-0.39, 0.29) is 98.2 Å². The van der Waals surface area contributed by atoms with Crippen molar-refractivity contribution in [1.82, 2.24) is 38.9 Å². The van der Waals surface area contributed by atoms with Gasteiger partial charge in [0.1, 0.15) is 69.2 Å². The van der Waals surface area contributed by atoms with Crippen LogP contribution in [0.5, 0.6) is 97.7 Å². The summed E-state index contributed by atoms with van der Waals surface area (Å²) in [5.41, 5.74) is 4.48. The zero-order valence-corrected chi connectivity index (χ0v) is 80.8. The number of benzene rings is 11. The molecule has 38 heteroatoms. The number of carbonyl (C=O) groups is 5. The Balaban J connectivity index is 0.000000170. The number of hydrogen-bond acceptors (Lipinski definition) is 32. The Morgan fingerprint density at radius 1 is 0.433 bits per heavy atom. The van der Waals surface area contributed by atoms with Gasteiger partial charge in [0.2, 0.25) is 46.1 Å². The van der Waals surface area contributed by atoms with Crippen molar-refractivity contribution in [3.63, 3.8) is 0 Å². The molecule has 4 aromatic heterocycles. The number of nitrogens with zero attached hydrogens (tertiary/aromatic N) is 8. The first-order valence-corrected chi connectivity index (χ1v) is 44.3. The molecule has 0 spiro atoms. The first-order chi connectivity index (χ1) is 67.9. The van der Waals surface area contributed by atoms with Gasteiger partial charge in [0, 0.05) is 86.6 Å². The van der Waals surface area contributed by atoms with Crippen LogP contribution >= 0.6 is 0 Å². The predicted octanol–water partition coefficient (Wildman–Crippen LogP) is 14.8. The smallest absolute Gasteiger partial charge is 0.269 e. The first-order valence-electron chi connectivity index (χ1n) is 42.6. The molecule has 0 bridgehead atoms. The van der Waals surface area contributed by atoms with Crippen LogP contribution in [0, 0.1) is 33.9 Å². The lowest BCUT2D eigenvalue weighted by Gasteiger charge is -2.13. The molecule has 0 radical (unpaired) electrons. The first kappa shape index (κ1) is 103. The Labute approximate surface area is 809 Å². The van der Waals surface area contributed by atoms with E-state index in [0.29, 0.717) is 148 Å². The number of nitrogens with one attached hydrogen (secondary N) is 1. The van der Waals surface area contributed by atoms with Gasteiger partial charge >= 0.3 is 0 Å². The van der Waals surface area contributed by atoms with Crippen molar-refractivity contribution in [1.29, 1.82) is 0 Å². The van der Waals surface area contributed by atoms with E-state index in [9.17, 15) is 47.6 Å². The second-order valence-electron chi connectivity index (χ2n) is 30.7. The number of H-pyrrole nitrogens is 1. The summed E-state index contributed by atoms with van der Waals surface area (Å²) >= 11 is 0. The van der Waals surface area contributed by atoms with Crippen LogP contribution < -0.4 is 80.5 Å². The highest BCUT2D eigenvalue weighted by atomic mass is 32.2. The Kier molecular flexibility index (Phi) is 33.5. The van der Waals surface area contributed by atoms with E-state index in [0.717, 1.165) is 15.2 Å². The highest BCUT2D eigenvalue weighted by Crippen LogP contribution is 2.45. The zero-order chi connectivity index (χ0) is 102. The van der Waals surface area contributed by atoms with Crippen LogP contribution in [0.15, 0.2) is 194 Å². The second-order valence-corrected chi connectivity index (χ2v) is 32.5. The number of aromatic nitrogens is 8. The fourth-order valence-corrected chi connectivity index (χ4v) is 16.0. The van der Waals surface area contributed by atoms with Crippen molar-refractivity contribution in [2.24, 2.45) is 0 Å². The third kappa shape index (κ3) is 23.0.